The second-order valence-electron chi connectivity index (χ2n) is 4.25. The predicted molar refractivity (Wildman–Crippen MR) is 63.9 cm³/mol. The van der Waals surface area contributed by atoms with Crippen LogP contribution < -0.4 is 0 Å². The molecular weight excluding hydrogens is 234 g/mol. The average molecular weight is 249 g/mol. The van der Waals surface area contributed by atoms with Crippen LogP contribution in [0.3, 0.4) is 0 Å². The van der Waals surface area contributed by atoms with Gasteiger partial charge in [0.15, 0.2) is 0 Å². The zero-order valence-corrected chi connectivity index (χ0v) is 10.1. The molecule has 1 aliphatic heterocycles. The Bertz CT molecular complexity index is 446. The number of amides is 1. The number of hydrogen-bond donors (Lipinski definition) is 1. The number of nitrogens with zero attached hydrogens (tertiary/aromatic N) is 1. The van der Waals surface area contributed by atoms with Crippen molar-refractivity contribution in [2.75, 3.05) is 13.7 Å². The monoisotopic (exact) mass is 249 g/mol. The van der Waals surface area contributed by atoms with E-state index in [-0.39, 0.29) is 18.9 Å². The zero-order chi connectivity index (χ0) is 13.1. The Hall–Kier alpha value is -1.88. The molecule has 1 saturated heterocycles. The van der Waals surface area contributed by atoms with Gasteiger partial charge in [-0.15, -0.1) is 0 Å². The van der Waals surface area contributed by atoms with Gasteiger partial charge >= 0.3 is 5.97 Å². The fourth-order valence-electron chi connectivity index (χ4n) is 2.14. The van der Waals surface area contributed by atoms with Crippen LogP contribution >= 0.6 is 0 Å². The minimum Gasteiger partial charge on any atom is -0.467 e. The molecule has 1 N–H and O–H groups in total. The summed E-state index contributed by atoms with van der Waals surface area (Å²) in [6.45, 7) is 0.160. The minimum absolute atomic E-state index is 0.160. The fraction of sp³-hybridized carbons (Fsp3) is 0.385. The molecule has 0 bridgehead atoms. The Kier molecular flexibility index (Phi) is 3.62. The van der Waals surface area contributed by atoms with Gasteiger partial charge in [-0.2, -0.15) is 0 Å². The summed E-state index contributed by atoms with van der Waals surface area (Å²) >= 11 is 0. The van der Waals surface area contributed by atoms with E-state index in [4.69, 9.17) is 0 Å². The maximum Gasteiger partial charge on any atom is 0.328 e. The lowest BCUT2D eigenvalue weighted by atomic mass is 10.1. The number of aliphatic hydroxyl groups excluding tert-OH is 1. The molecular formula is C13H15NO4. The van der Waals surface area contributed by atoms with Crippen molar-refractivity contribution >= 4 is 11.9 Å². The molecule has 0 aromatic heterocycles. The summed E-state index contributed by atoms with van der Waals surface area (Å²) in [6.07, 6.45) is -0.451. The molecule has 1 unspecified atom stereocenters. The van der Waals surface area contributed by atoms with Crippen LogP contribution in [-0.4, -0.2) is 47.7 Å². The van der Waals surface area contributed by atoms with Gasteiger partial charge in [0.2, 0.25) is 0 Å². The Labute approximate surface area is 105 Å². The number of benzene rings is 1. The quantitative estimate of drug-likeness (QED) is 0.772. The van der Waals surface area contributed by atoms with Gasteiger partial charge in [0.25, 0.3) is 5.91 Å². The molecule has 0 spiro atoms. The van der Waals surface area contributed by atoms with E-state index in [0.29, 0.717) is 5.56 Å². The van der Waals surface area contributed by atoms with Gasteiger partial charge in [0, 0.05) is 18.5 Å². The zero-order valence-electron chi connectivity index (χ0n) is 10.1. The van der Waals surface area contributed by atoms with Crippen LogP contribution in [0, 0.1) is 0 Å². The third kappa shape index (κ3) is 2.36. The largest absolute Gasteiger partial charge is 0.467 e. The minimum atomic E-state index is -0.697. The van der Waals surface area contributed by atoms with Crippen molar-refractivity contribution in [3.63, 3.8) is 0 Å². The Morgan fingerprint density at radius 3 is 2.61 bits per heavy atom. The molecule has 5 heteroatoms. The molecule has 1 aliphatic rings. The molecule has 1 fully saturated rings. The van der Waals surface area contributed by atoms with Gasteiger partial charge in [0.1, 0.15) is 6.04 Å². The lowest BCUT2D eigenvalue weighted by molar-refractivity contribution is -0.145. The van der Waals surface area contributed by atoms with Crippen molar-refractivity contribution in [3.05, 3.63) is 35.9 Å². The summed E-state index contributed by atoms with van der Waals surface area (Å²) in [5.74, 6) is -0.751. The van der Waals surface area contributed by atoms with E-state index in [1.165, 1.54) is 12.0 Å². The van der Waals surface area contributed by atoms with Gasteiger partial charge < -0.3 is 14.7 Å². The van der Waals surface area contributed by atoms with Gasteiger partial charge in [-0.25, -0.2) is 4.79 Å². The van der Waals surface area contributed by atoms with E-state index in [1.807, 2.05) is 6.07 Å². The number of carbonyl (C=O) groups excluding carboxylic acids is 2. The highest BCUT2D eigenvalue weighted by molar-refractivity contribution is 5.97. The Balaban J connectivity index is 2.21. The first-order valence-electron chi connectivity index (χ1n) is 5.75. The van der Waals surface area contributed by atoms with E-state index in [2.05, 4.69) is 4.74 Å². The first kappa shape index (κ1) is 12.6. The molecule has 96 valence electrons. The average Bonchev–Trinajstić information content (AvgIpc) is 2.80. The summed E-state index contributed by atoms with van der Waals surface area (Å²) in [5.41, 5.74) is 0.500. The lowest BCUT2D eigenvalue weighted by Gasteiger charge is -2.22. The van der Waals surface area contributed by atoms with Crippen LogP contribution in [0.15, 0.2) is 30.3 Å². The number of methoxy groups -OCH3 is 1. The van der Waals surface area contributed by atoms with Gasteiger partial charge in [0.05, 0.1) is 13.2 Å². The van der Waals surface area contributed by atoms with Crippen LogP contribution in [0.2, 0.25) is 0 Å². The molecule has 1 aromatic rings. The lowest BCUT2D eigenvalue weighted by Crippen LogP contribution is -2.41. The summed E-state index contributed by atoms with van der Waals surface area (Å²) in [6, 6.07) is 7.99. The Morgan fingerprint density at radius 2 is 2.00 bits per heavy atom. The summed E-state index contributed by atoms with van der Waals surface area (Å²) < 4.78 is 4.65. The van der Waals surface area contributed by atoms with Crippen LogP contribution in [0.25, 0.3) is 0 Å². The van der Waals surface area contributed by atoms with Crippen LogP contribution in [0.1, 0.15) is 16.8 Å². The van der Waals surface area contributed by atoms with Crippen molar-refractivity contribution in [2.24, 2.45) is 0 Å². The molecule has 18 heavy (non-hydrogen) atoms. The van der Waals surface area contributed by atoms with Crippen LogP contribution in [0.5, 0.6) is 0 Å². The third-order valence-corrected chi connectivity index (χ3v) is 3.03. The molecule has 1 amide bonds. The van der Waals surface area contributed by atoms with Crippen LogP contribution in [0.4, 0.5) is 0 Å². The van der Waals surface area contributed by atoms with Gasteiger partial charge in [-0.3, -0.25) is 4.79 Å². The molecule has 1 heterocycles. The predicted octanol–water partition coefficient (Wildman–Crippen LogP) is 0.435. The number of β-amino-alcohol motifs (C(OH)–C–C–N with tert-alkyl or cyclic N) is 1. The number of likely N-dealkylation sites (tertiary alicyclic amines) is 1. The van der Waals surface area contributed by atoms with Crippen molar-refractivity contribution in [2.45, 2.75) is 18.6 Å². The van der Waals surface area contributed by atoms with Crippen molar-refractivity contribution in [1.82, 2.24) is 4.90 Å². The number of rotatable bonds is 2. The van der Waals surface area contributed by atoms with Gasteiger partial charge in [-0.05, 0) is 12.1 Å². The topological polar surface area (TPSA) is 66.8 Å². The number of ether oxygens (including phenoxy) is 1. The summed E-state index contributed by atoms with van der Waals surface area (Å²) in [5, 5.41) is 9.61. The molecule has 0 saturated carbocycles. The fourth-order valence-corrected chi connectivity index (χ4v) is 2.14. The number of carbonyl (C=O) groups is 2. The van der Waals surface area contributed by atoms with E-state index in [9.17, 15) is 14.7 Å². The molecule has 0 aliphatic carbocycles. The summed E-state index contributed by atoms with van der Waals surface area (Å²) in [7, 11) is 1.28. The van der Waals surface area contributed by atoms with Crippen molar-refractivity contribution in [1.29, 1.82) is 0 Å². The standard InChI is InChI=1S/C13H15NO4/c1-18-13(17)11-7-10(15)8-14(11)12(16)9-5-3-2-4-6-9/h2-6,10-11,15H,7-8H2,1H3/t10-,11?/m1/s1. The van der Waals surface area contributed by atoms with Crippen molar-refractivity contribution in [3.8, 4) is 0 Å². The first-order valence-corrected chi connectivity index (χ1v) is 5.75. The second-order valence-corrected chi connectivity index (χ2v) is 4.25. The maximum absolute atomic E-state index is 12.2. The van der Waals surface area contributed by atoms with E-state index >= 15 is 0 Å². The molecule has 0 radical (unpaired) electrons. The number of hydrogen-bond acceptors (Lipinski definition) is 4. The molecule has 2 rings (SSSR count). The maximum atomic E-state index is 12.2. The smallest absolute Gasteiger partial charge is 0.328 e. The van der Waals surface area contributed by atoms with E-state index < -0.39 is 18.1 Å². The SMILES string of the molecule is COC(=O)C1C[C@@H](O)CN1C(=O)c1ccccc1. The molecule has 2 atom stereocenters. The normalized spacial score (nSPS) is 22.9. The highest BCUT2D eigenvalue weighted by Gasteiger charge is 2.39. The van der Waals surface area contributed by atoms with Gasteiger partial charge in [-0.1, -0.05) is 18.2 Å². The highest BCUT2D eigenvalue weighted by Crippen LogP contribution is 2.21. The Morgan fingerprint density at radius 1 is 1.33 bits per heavy atom. The molecule has 1 aromatic carbocycles. The summed E-state index contributed by atoms with van der Waals surface area (Å²) in [4.78, 5) is 25.2. The highest BCUT2D eigenvalue weighted by atomic mass is 16.5. The third-order valence-electron chi connectivity index (χ3n) is 3.03. The number of aliphatic hydroxyl groups is 1. The van der Waals surface area contributed by atoms with E-state index in [0.717, 1.165) is 0 Å². The molecule has 5 nitrogen and oxygen atoms in total. The first-order chi connectivity index (χ1) is 8.63. The van der Waals surface area contributed by atoms with Crippen molar-refractivity contribution < 1.29 is 19.4 Å². The van der Waals surface area contributed by atoms with Crippen LogP contribution in [-0.2, 0) is 9.53 Å². The number of esters is 1. The second kappa shape index (κ2) is 5.18. The van der Waals surface area contributed by atoms with E-state index in [1.54, 1.807) is 24.3 Å².